The second-order valence-corrected chi connectivity index (χ2v) is 7.64. The van der Waals surface area contributed by atoms with Crippen molar-refractivity contribution in [2.45, 2.75) is 39.2 Å². The van der Waals surface area contributed by atoms with Crippen LogP contribution in [0.4, 0.5) is 0 Å². The fraction of sp³-hybridized carbons (Fsp3) is 0.333. The molecule has 1 N–H and O–H groups in total. The first-order valence-corrected chi connectivity index (χ1v) is 10.4. The average Bonchev–Trinajstić information content (AvgIpc) is 3.45. The third kappa shape index (κ3) is 3.60. The SMILES string of the molecule is CCCCCN1C(=O)C(O)=C(C(=O)c2cc3cccc(OC)c3o2)C1c1ccc(C)o1. The summed E-state index contributed by atoms with van der Waals surface area (Å²) in [6, 6.07) is 9.62. The van der Waals surface area contributed by atoms with Crippen molar-refractivity contribution in [2.24, 2.45) is 0 Å². The van der Waals surface area contributed by atoms with E-state index in [1.54, 1.807) is 43.3 Å². The summed E-state index contributed by atoms with van der Waals surface area (Å²) in [5, 5.41) is 11.4. The highest BCUT2D eigenvalue weighted by molar-refractivity contribution is 6.16. The Bertz CT molecular complexity index is 1170. The van der Waals surface area contributed by atoms with Crippen LogP contribution in [0.5, 0.6) is 5.75 Å². The lowest BCUT2D eigenvalue weighted by Gasteiger charge is -2.24. The minimum atomic E-state index is -0.805. The largest absolute Gasteiger partial charge is 0.503 e. The molecule has 0 fully saturated rings. The molecule has 31 heavy (non-hydrogen) atoms. The van der Waals surface area contributed by atoms with Gasteiger partial charge in [-0.05, 0) is 37.6 Å². The number of rotatable bonds is 8. The molecule has 0 spiro atoms. The number of hydrogen-bond acceptors (Lipinski definition) is 6. The number of para-hydroxylation sites is 1. The minimum Gasteiger partial charge on any atom is -0.503 e. The van der Waals surface area contributed by atoms with Crippen molar-refractivity contribution in [1.82, 2.24) is 4.90 Å². The Morgan fingerprint density at radius 2 is 2.00 bits per heavy atom. The number of unbranched alkanes of at least 4 members (excludes halogenated alkanes) is 2. The van der Waals surface area contributed by atoms with Crippen molar-refractivity contribution >= 4 is 22.7 Å². The number of furan rings is 2. The monoisotopic (exact) mass is 423 g/mol. The second kappa shape index (κ2) is 8.34. The third-order valence-electron chi connectivity index (χ3n) is 5.53. The molecular formula is C24H25NO6. The molecule has 1 unspecified atom stereocenters. The number of aryl methyl sites for hydroxylation is 1. The van der Waals surface area contributed by atoms with E-state index in [0.717, 1.165) is 19.3 Å². The molecule has 0 radical (unpaired) electrons. The molecule has 4 rings (SSSR count). The Hall–Kier alpha value is -3.48. The van der Waals surface area contributed by atoms with Crippen molar-refractivity contribution in [3.05, 3.63) is 65.0 Å². The fourth-order valence-electron chi connectivity index (χ4n) is 3.99. The molecule has 2 aromatic heterocycles. The predicted octanol–water partition coefficient (Wildman–Crippen LogP) is 5.11. The Balaban J connectivity index is 1.77. The van der Waals surface area contributed by atoms with Gasteiger partial charge in [0.2, 0.25) is 5.78 Å². The summed E-state index contributed by atoms with van der Waals surface area (Å²) in [5.41, 5.74) is 0.400. The van der Waals surface area contributed by atoms with Crippen LogP contribution in [-0.4, -0.2) is 35.4 Å². The predicted molar refractivity (Wildman–Crippen MR) is 114 cm³/mol. The normalized spacial score (nSPS) is 16.5. The van der Waals surface area contributed by atoms with E-state index in [4.69, 9.17) is 13.6 Å². The van der Waals surface area contributed by atoms with E-state index in [1.807, 2.05) is 0 Å². The molecule has 0 aliphatic carbocycles. The smallest absolute Gasteiger partial charge is 0.290 e. The highest BCUT2D eigenvalue weighted by atomic mass is 16.5. The third-order valence-corrected chi connectivity index (χ3v) is 5.53. The number of nitrogens with zero attached hydrogens (tertiary/aromatic N) is 1. The summed E-state index contributed by atoms with van der Waals surface area (Å²) in [4.78, 5) is 27.8. The van der Waals surface area contributed by atoms with E-state index < -0.39 is 23.5 Å². The topological polar surface area (TPSA) is 93.1 Å². The van der Waals surface area contributed by atoms with Gasteiger partial charge >= 0.3 is 0 Å². The zero-order valence-corrected chi connectivity index (χ0v) is 17.8. The maximum absolute atomic E-state index is 13.5. The van der Waals surface area contributed by atoms with Gasteiger partial charge in [0.15, 0.2) is 22.9 Å². The number of amides is 1. The van der Waals surface area contributed by atoms with Gasteiger partial charge in [-0.1, -0.05) is 31.9 Å². The van der Waals surface area contributed by atoms with E-state index in [0.29, 0.717) is 34.8 Å². The average molecular weight is 423 g/mol. The van der Waals surface area contributed by atoms with Crippen molar-refractivity contribution in [3.8, 4) is 5.75 Å². The summed E-state index contributed by atoms with van der Waals surface area (Å²) in [7, 11) is 1.52. The number of ether oxygens (including phenoxy) is 1. The lowest BCUT2D eigenvalue weighted by molar-refractivity contribution is -0.129. The van der Waals surface area contributed by atoms with Crippen LogP contribution in [0.25, 0.3) is 11.0 Å². The summed E-state index contributed by atoms with van der Waals surface area (Å²) in [5.74, 6) is -0.0819. The van der Waals surface area contributed by atoms with Crippen LogP contribution < -0.4 is 4.74 Å². The van der Waals surface area contributed by atoms with Crippen molar-refractivity contribution in [2.75, 3.05) is 13.7 Å². The standard InChI is InChI=1S/C24H25NO6/c1-4-5-6-12-25-20(16-11-10-14(2)30-16)19(22(27)24(25)28)21(26)18-13-15-8-7-9-17(29-3)23(15)31-18/h7-11,13,20,27H,4-6,12H2,1-3H3. The Labute approximate surface area is 179 Å². The zero-order valence-electron chi connectivity index (χ0n) is 17.8. The van der Waals surface area contributed by atoms with Crippen LogP contribution in [0.2, 0.25) is 0 Å². The summed E-state index contributed by atoms with van der Waals surface area (Å²) in [6.45, 7) is 4.27. The molecule has 1 aromatic carbocycles. The number of benzene rings is 1. The van der Waals surface area contributed by atoms with Gasteiger partial charge in [-0.15, -0.1) is 0 Å². The molecule has 0 bridgehead atoms. The molecular weight excluding hydrogens is 398 g/mol. The van der Waals surface area contributed by atoms with E-state index >= 15 is 0 Å². The first kappa shape index (κ1) is 20.8. The van der Waals surface area contributed by atoms with Gasteiger partial charge in [0, 0.05) is 11.9 Å². The molecule has 3 aromatic rings. The van der Waals surface area contributed by atoms with Crippen molar-refractivity contribution in [1.29, 1.82) is 0 Å². The van der Waals surface area contributed by atoms with Crippen molar-refractivity contribution < 1.29 is 28.3 Å². The molecule has 7 heteroatoms. The summed E-state index contributed by atoms with van der Waals surface area (Å²) >= 11 is 0. The van der Waals surface area contributed by atoms with E-state index in [-0.39, 0.29) is 11.3 Å². The van der Waals surface area contributed by atoms with Gasteiger partial charge in [-0.25, -0.2) is 0 Å². The van der Waals surface area contributed by atoms with Gasteiger partial charge < -0.3 is 23.6 Å². The maximum atomic E-state index is 13.5. The number of aliphatic hydroxyl groups is 1. The first-order chi connectivity index (χ1) is 15.0. The van der Waals surface area contributed by atoms with Crippen LogP contribution in [0.1, 0.15) is 54.3 Å². The number of carbonyl (C=O) groups is 2. The number of ketones is 1. The molecule has 1 aliphatic rings. The van der Waals surface area contributed by atoms with Gasteiger partial charge in [0.05, 0.1) is 12.7 Å². The molecule has 7 nitrogen and oxygen atoms in total. The van der Waals surface area contributed by atoms with E-state index in [1.165, 1.54) is 12.0 Å². The highest BCUT2D eigenvalue weighted by Gasteiger charge is 2.45. The minimum absolute atomic E-state index is 0.0255. The fourth-order valence-corrected chi connectivity index (χ4v) is 3.99. The lowest BCUT2D eigenvalue weighted by Crippen LogP contribution is -2.31. The van der Waals surface area contributed by atoms with Gasteiger partial charge in [-0.2, -0.15) is 0 Å². The molecule has 162 valence electrons. The van der Waals surface area contributed by atoms with Crippen LogP contribution in [0, 0.1) is 6.92 Å². The molecule has 3 heterocycles. The van der Waals surface area contributed by atoms with Crippen molar-refractivity contribution in [3.63, 3.8) is 0 Å². The molecule has 1 atom stereocenters. The number of hydrogen-bond donors (Lipinski definition) is 1. The molecule has 1 amide bonds. The number of aliphatic hydroxyl groups excluding tert-OH is 1. The van der Waals surface area contributed by atoms with E-state index in [9.17, 15) is 14.7 Å². The molecule has 0 saturated carbocycles. The Kier molecular flexibility index (Phi) is 5.59. The van der Waals surface area contributed by atoms with Crippen LogP contribution in [0.3, 0.4) is 0 Å². The Morgan fingerprint density at radius 1 is 1.19 bits per heavy atom. The maximum Gasteiger partial charge on any atom is 0.290 e. The summed E-state index contributed by atoms with van der Waals surface area (Å²) in [6.07, 6.45) is 2.68. The highest BCUT2D eigenvalue weighted by Crippen LogP contribution is 2.41. The number of carbonyl (C=O) groups excluding carboxylic acids is 2. The number of methoxy groups -OCH3 is 1. The zero-order chi connectivity index (χ0) is 22.1. The number of fused-ring (bicyclic) bond motifs is 1. The second-order valence-electron chi connectivity index (χ2n) is 7.64. The van der Waals surface area contributed by atoms with E-state index in [2.05, 4.69) is 6.92 Å². The van der Waals surface area contributed by atoms with Gasteiger partial charge in [-0.3, -0.25) is 9.59 Å². The Morgan fingerprint density at radius 3 is 2.68 bits per heavy atom. The lowest BCUT2D eigenvalue weighted by atomic mass is 9.99. The quantitative estimate of drug-likeness (QED) is 0.400. The van der Waals surface area contributed by atoms with Crippen LogP contribution in [0.15, 0.2) is 56.6 Å². The van der Waals surface area contributed by atoms with Crippen LogP contribution in [-0.2, 0) is 4.79 Å². The molecule has 0 saturated heterocycles. The first-order valence-electron chi connectivity index (χ1n) is 10.4. The number of Topliss-reactive ketones (excluding diaryl/α,β-unsaturated/α-hetero) is 1. The van der Waals surface area contributed by atoms with Gasteiger partial charge in [0.1, 0.15) is 17.6 Å². The molecule has 1 aliphatic heterocycles. The van der Waals surface area contributed by atoms with Gasteiger partial charge in [0.25, 0.3) is 5.91 Å². The summed E-state index contributed by atoms with van der Waals surface area (Å²) < 4.78 is 16.9. The van der Waals surface area contributed by atoms with Crippen LogP contribution >= 0.6 is 0 Å².